The number of hydrogen-bond acceptors (Lipinski definition) is 2. The van der Waals surface area contributed by atoms with Crippen LogP contribution in [0.4, 0.5) is 0 Å². The van der Waals surface area contributed by atoms with Gasteiger partial charge in [-0.1, -0.05) is 57.0 Å². The molecule has 1 aromatic rings. The monoisotopic (exact) mass is 410 g/mol. The lowest BCUT2D eigenvalue weighted by molar-refractivity contribution is -0.143. The minimum Gasteiger partial charge on any atom is -0.353 e. The molecule has 0 aromatic heterocycles. The Morgan fingerprint density at radius 1 is 0.933 bits per heavy atom. The first-order chi connectivity index (χ1) is 14.5. The van der Waals surface area contributed by atoms with E-state index in [-0.39, 0.29) is 10.8 Å². The molecule has 4 rings (SSSR count). The molecule has 1 aromatic carbocycles. The van der Waals surface area contributed by atoms with Gasteiger partial charge in [-0.2, -0.15) is 0 Å². The standard InChI is InChI=1S/C27H42N2O/c1-3-20-14-26(23-8-6-5-7-9-23)15-21(4-2)17-27(16-20,19-26)25(30)29-24-12-10-22(18-28)11-13-24/h5-9,20-22,24H,3-4,10-19,28H2,1-2H3,(H,29,30). The Labute approximate surface area is 183 Å². The molecule has 30 heavy (non-hydrogen) atoms. The van der Waals surface area contributed by atoms with E-state index in [1.165, 1.54) is 31.2 Å². The number of benzene rings is 1. The van der Waals surface area contributed by atoms with Crippen molar-refractivity contribution in [3.05, 3.63) is 35.9 Å². The summed E-state index contributed by atoms with van der Waals surface area (Å²) in [6, 6.07) is 11.5. The van der Waals surface area contributed by atoms with Crippen molar-refractivity contribution in [2.75, 3.05) is 6.54 Å². The molecule has 1 amide bonds. The molecule has 2 unspecified atom stereocenters. The van der Waals surface area contributed by atoms with Crippen molar-refractivity contribution >= 4 is 5.91 Å². The van der Waals surface area contributed by atoms with Gasteiger partial charge in [-0.25, -0.2) is 0 Å². The fourth-order valence-electron chi connectivity index (χ4n) is 7.31. The van der Waals surface area contributed by atoms with Gasteiger partial charge in [-0.05, 0) is 93.1 Å². The van der Waals surface area contributed by atoms with Crippen LogP contribution in [0.2, 0.25) is 0 Å². The third-order valence-electron chi connectivity index (χ3n) is 8.93. The minimum absolute atomic E-state index is 0.174. The predicted octanol–water partition coefficient (Wildman–Crippen LogP) is 5.57. The Bertz CT molecular complexity index is 691. The van der Waals surface area contributed by atoms with Crippen molar-refractivity contribution in [3.8, 4) is 0 Å². The number of carbonyl (C=O) groups excluding carboxylic acids is 1. The number of fused-ring (bicyclic) bond motifs is 2. The van der Waals surface area contributed by atoms with Crippen LogP contribution in [-0.2, 0) is 10.2 Å². The minimum atomic E-state index is -0.182. The molecule has 0 radical (unpaired) electrons. The molecular formula is C27H42N2O. The van der Waals surface area contributed by atoms with Crippen molar-refractivity contribution in [2.45, 2.75) is 95.9 Å². The Morgan fingerprint density at radius 2 is 1.53 bits per heavy atom. The summed E-state index contributed by atoms with van der Waals surface area (Å²) in [5.41, 5.74) is 7.34. The second-order valence-corrected chi connectivity index (χ2v) is 10.9. The normalized spacial score (nSPS) is 38.8. The number of rotatable bonds is 6. The molecule has 3 heteroatoms. The molecule has 3 saturated carbocycles. The SMILES string of the molecule is CCC1CC2(C(=O)NC3CCC(CN)CC3)CC(CC)CC(c3ccccc3)(C1)C2. The summed E-state index contributed by atoms with van der Waals surface area (Å²) in [6.45, 7) is 5.43. The molecule has 3 aliphatic rings. The van der Waals surface area contributed by atoms with Gasteiger partial charge in [-0.3, -0.25) is 4.79 Å². The molecule has 0 saturated heterocycles. The van der Waals surface area contributed by atoms with Gasteiger partial charge < -0.3 is 11.1 Å². The molecule has 2 atom stereocenters. The zero-order valence-electron chi connectivity index (χ0n) is 19.2. The van der Waals surface area contributed by atoms with Gasteiger partial charge in [0.05, 0.1) is 5.41 Å². The molecule has 0 spiro atoms. The van der Waals surface area contributed by atoms with Crippen molar-refractivity contribution in [2.24, 2.45) is 28.9 Å². The Balaban J connectivity index is 1.60. The molecule has 3 fully saturated rings. The van der Waals surface area contributed by atoms with E-state index < -0.39 is 0 Å². The van der Waals surface area contributed by atoms with Gasteiger partial charge in [0.1, 0.15) is 0 Å². The summed E-state index contributed by atoms with van der Waals surface area (Å²) in [7, 11) is 0. The highest BCUT2D eigenvalue weighted by atomic mass is 16.2. The number of hydrogen-bond donors (Lipinski definition) is 2. The highest BCUT2D eigenvalue weighted by Crippen LogP contribution is 2.61. The Kier molecular flexibility index (Phi) is 6.58. The quantitative estimate of drug-likeness (QED) is 0.644. The lowest BCUT2D eigenvalue weighted by Gasteiger charge is -2.57. The summed E-state index contributed by atoms with van der Waals surface area (Å²) in [5, 5.41) is 3.56. The predicted molar refractivity (Wildman–Crippen MR) is 124 cm³/mol. The highest BCUT2D eigenvalue weighted by Gasteiger charge is 2.57. The van der Waals surface area contributed by atoms with E-state index in [0.29, 0.717) is 29.7 Å². The Hall–Kier alpha value is -1.35. The van der Waals surface area contributed by atoms with Crippen LogP contribution < -0.4 is 11.1 Å². The summed E-state index contributed by atoms with van der Waals surface area (Å²) in [4.78, 5) is 13.9. The fraction of sp³-hybridized carbons (Fsp3) is 0.741. The summed E-state index contributed by atoms with van der Waals surface area (Å²) < 4.78 is 0. The first kappa shape index (κ1) is 21.9. The molecule has 0 heterocycles. The number of amides is 1. The van der Waals surface area contributed by atoms with E-state index in [0.717, 1.165) is 51.5 Å². The van der Waals surface area contributed by atoms with Crippen LogP contribution in [0.25, 0.3) is 0 Å². The average Bonchev–Trinajstić information content (AvgIpc) is 2.79. The van der Waals surface area contributed by atoms with E-state index in [1.807, 2.05) is 0 Å². The smallest absolute Gasteiger partial charge is 0.226 e. The third kappa shape index (κ3) is 4.20. The van der Waals surface area contributed by atoms with Crippen LogP contribution in [0, 0.1) is 23.2 Å². The van der Waals surface area contributed by atoms with Crippen molar-refractivity contribution in [1.29, 1.82) is 0 Å². The fourth-order valence-corrected chi connectivity index (χ4v) is 7.31. The van der Waals surface area contributed by atoms with Crippen LogP contribution >= 0.6 is 0 Å². The lowest BCUT2D eigenvalue weighted by Crippen LogP contribution is -2.57. The van der Waals surface area contributed by atoms with E-state index in [4.69, 9.17) is 5.73 Å². The van der Waals surface area contributed by atoms with E-state index in [1.54, 1.807) is 0 Å². The maximum absolute atomic E-state index is 13.9. The number of nitrogens with two attached hydrogens (primary N) is 1. The maximum Gasteiger partial charge on any atom is 0.226 e. The van der Waals surface area contributed by atoms with Crippen LogP contribution in [0.5, 0.6) is 0 Å². The van der Waals surface area contributed by atoms with Crippen LogP contribution in [0.15, 0.2) is 30.3 Å². The van der Waals surface area contributed by atoms with Gasteiger partial charge in [0, 0.05) is 6.04 Å². The first-order valence-electron chi connectivity index (χ1n) is 12.6. The summed E-state index contributed by atoms with van der Waals surface area (Å²) in [5.74, 6) is 2.32. The van der Waals surface area contributed by atoms with Gasteiger partial charge in [0.25, 0.3) is 0 Å². The van der Waals surface area contributed by atoms with Gasteiger partial charge in [0.15, 0.2) is 0 Å². The number of carbonyl (C=O) groups is 1. The molecule has 166 valence electrons. The maximum atomic E-state index is 13.9. The van der Waals surface area contributed by atoms with Crippen molar-refractivity contribution < 1.29 is 4.79 Å². The second kappa shape index (κ2) is 9.02. The van der Waals surface area contributed by atoms with Gasteiger partial charge in [-0.15, -0.1) is 0 Å². The zero-order valence-corrected chi connectivity index (χ0v) is 19.2. The van der Waals surface area contributed by atoms with Crippen LogP contribution in [0.3, 0.4) is 0 Å². The Morgan fingerprint density at radius 3 is 2.07 bits per heavy atom. The van der Waals surface area contributed by atoms with E-state index in [2.05, 4.69) is 49.5 Å². The molecule has 0 aliphatic heterocycles. The largest absolute Gasteiger partial charge is 0.353 e. The van der Waals surface area contributed by atoms with Crippen molar-refractivity contribution in [3.63, 3.8) is 0 Å². The molecule has 3 aliphatic carbocycles. The highest BCUT2D eigenvalue weighted by molar-refractivity contribution is 5.83. The first-order valence-corrected chi connectivity index (χ1v) is 12.6. The topological polar surface area (TPSA) is 55.1 Å². The molecule has 2 bridgehead atoms. The van der Waals surface area contributed by atoms with E-state index >= 15 is 0 Å². The van der Waals surface area contributed by atoms with Crippen LogP contribution in [-0.4, -0.2) is 18.5 Å². The third-order valence-corrected chi connectivity index (χ3v) is 8.93. The number of nitrogens with one attached hydrogen (secondary N) is 1. The summed E-state index contributed by atoms with van der Waals surface area (Å²) >= 11 is 0. The lowest BCUT2D eigenvalue weighted by atomic mass is 9.47. The zero-order chi connectivity index (χ0) is 21.2. The molecule has 3 N–H and O–H groups in total. The molecular weight excluding hydrogens is 368 g/mol. The van der Waals surface area contributed by atoms with Gasteiger partial charge in [0.2, 0.25) is 5.91 Å². The van der Waals surface area contributed by atoms with Crippen LogP contribution in [0.1, 0.15) is 90.0 Å². The molecule has 3 nitrogen and oxygen atoms in total. The van der Waals surface area contributed by atoms with Crippen molar-refractivity contribution in [1.82, 2.24) is 5.32 Å². The van der Waals surface area contributed by atoms with E-state index in [9.17, 15) is 4.79 Å². The average molecular weight is 411 g/mol. The van der Waals surface area contributed by atoms with Gasteiger partial charge >= 0.3 is 0 Å². The summed E-state index contributed by atoms with van der Waals surface area (Å²) in [6.07, 6.45) is 12.6. The second-order valence-electron chi connectivity index (χ2n) is 10.9.